The SMILES string of the molecule is CCNc1cc(Cl)ccc1CNc1cc(F)c(S(=O)(=O)N(Cc2ccc(OC)cc2OC)c2ncns2)cc1F. The first kappa shape index (κ1) is 29.3. The molecule has 40 heavy (non-hydrogen) atoms. The highest BCUT2D eigenvalue weighted by atomic mass is 35.5. The van der Waals surface area contributed by atoms with Gasteiger partial charge in [-0.05, 0) is 42.8 Å². The Morgan fingerprint density at radius 2 is 1.75 bits per heavy atom. The lowest BCUT2D eigenvalue weighted by atomic mass is 10.1. The molecular weight excluding hydrogens is 584 g/mol. The Morgan fingerprint density at radius 3 is 2.42 bits per heavy atom. The lowest BCUT2D eigenvalue weighted by Gasteiger charge is -2.23. The molecule has 0 saturated carbocycles. The smallest absolute Gasteiger partial charge is 0.269 e. The van der Waals surface area contributed by atoms with Gasteiger partial charge in [0.25, 0.3) is 10.0 Å². The molecule has 1 heterocycles. The maximum atomic E-state index is 15.4. The molecule has 0 atom stereocenters. The molecule has 14 heteroatoms. The van der Waals surface area contributed by atoms with Crippen LogP contribution in [-0.2, 0) is 23.1 Å². The van der Waals surface area contributed by atoms with Crippen molar-refractivity contribution >= 4 is 49.7 Å². The van der Waals surface area contributed by atoms with Crippen molar-refractivity contribution in [3.05, 3.63) is 82.6 Å². The molecule has 3 aromatic carbocycles. The van der Waals surface area contributed by atoms with Crippen LogP contribution >= 0.6 is 23.1 Å². The van der Waals surface area contributed by atoms with Gasteiger partial charge >= 0.3 is 0 Å². The predicted molar refractivity (Wildman–Crippen MR) is 152 cm³/mol. The third kappa shape index (κ3) is 6.37. The van der Waals surface area contributed by atoms with Gasteiger partial charge in [0.2, 0.25) is 5.13 Å². The van der Waals surface area contributed by atoms with E-state index in [0.29, 0.717) is 34.7 Å². The number of halogens is 3. The van der Waals surface area contributed by atoms with E-state index in [0.717, 1.165) is 33.2 Å². The molecule has 0 unspecified atom stereocenters. The molecule has 0 aliphatic carbocycles. The monoisotopic (exact) mass is 609 g/mol. The summed E-state index contributed by atoms with van der Waals surface area (Å²) in [6.45, 7) is 2.41. The van der Waals surface area contributed by atoms with Crippen LogP contribution in [-0.4, -0.2) is 38.5 Å². The number of ether oxygens (including phenoxy) is 2. The van der Waals surface area contributed by atoms with E-state index in [1.165, 1.54) is 20.5 Å². The van der Waals surface area contributed by atoms with Crippen LogP contribution in [0.1, 0.15) is 18.1 Å². The van der Waals surface area contributed by atoms with Crippen molar-refractivity contribution in [1.82, 2.24) is 9.36 Å². The first-order valence-corrected chi connectivity index (χ1v) is 14.5. The number of hydrogen-bond acceptors (Lipinski definition) is 9. The highest BCUT2D eigenvalue weighted by Crippen LogP contribution is 2.33. The third-order valence-corrected chi connectivity index (χ3v) is 8.66. The maximum Gasteiger partial charge on any atom is 0.269 e. The fourth-order valence-corrected chi connectivity index (χ4v) is 6.26. The highest BCUT2D eigenvalue weighted by molar-refractivity contribution is 7.93. The van der Waals surface area contributed by atoms with E-state index in [1.54, 1.807) is 36.4 Å². The number of anilines is 3. The van der Waals surface area contributed by atoms with Gasteiger partial charge in [0.05, 0.1) is 26.5 Å². The van der Waals surface area contributed by atoms with E-state index in [1.807, 2.05) is 6.92 Å². The second-order valence-corrected chi connectivity index (χ2v) is 11.4. The molecule has 4 aromatic rings. The van der Waals surface area contributed by atoms with Gasteiger partial charge in [-0.1, -0.05) is 17.7 Å². The van der Waals surface area contributed by atoms with Gasteiger partial charge in [-0.2, -0.15) is 4.37 Å². The van der Waals surface area contributed by atoms with E-state index < -0.39 is 26.6 Å². The Morgan fingerprint density at radius 1 is 0.975 bits per heavy atom. The zero-order chi connectivity index (χ0) is 28.9. The molecule has 0 aliphatic rings. The summed E-state index contributed by atoms with van der Waals surface area (Å²) in [7, 11) is -1.72. The van der Waals surface area contributed by atoms with Crippen LogP contribution in [0.3, 0.4) is 0 Å². The Labute approximate surface area is 239 Å². The van der Waals surface area contributed by atoms with Crippen molar-refractivity contribution in [3.8, 4) is 11.5 Å². The average Bonchev–Trinajstić information content (AvgIpc) is 3.47. The number of benzene rings is 3. The van der Waals surface area contributed by atoms with Crippen molar-refractivity contribution in [3.63, 3.8) is 0 Å². The molecule has 4 rings (SSSR count). The molecule has 0 saturated heterocycles. The minimum atomic E-state index is -4.63. The van der Waals surface area contributed by atoms with Crippen molar-refractivity contribution in [2.45, 2.75) is 24.9 Å². The van der Waals surface area contributed by atoms with Gasteiger partial charge in [0, 0.05) is 53.0 Å². The summed E-state index contributed by atoms with van der Waals surface area (Å²) in [4.78, 5) is 3.15. The molecule has 9 nitrogen and oxygen atoms in total. The van der Waals surface area contributed by atoms with Crippen molar-refractivity contribution < 1.29 is 26.7 Å². The van der Waals surface area contributed by atoms with Gasteiger partial charge in [-0.3, -0.25) is 0 Å². The van der Waals surface area contributed by atoms with Crippen LogP contribution in [0.2, 0.25) is 5.02 Å². The fraction of sp³-hybridized carbons (Fsp3) is 0.231. The molecule has 2 N–H and O–H groups in total. The number of hydrogen-bond donors (Lipinski definition) is 2. The van der Waals surface area contributed by atoms with Crippen molar-refractivity contribution in [1.29, 1.82) is 0 Å². The molecule has 0 aliphatic heterocycles. The van der Waals surface area contributed by atoms with Crippen LogP contribution in [0.25, 0.3) is 0 Å². The van der Waals surface area contributed by atoms with E-state index in [-0.39, 0.29) is 23.9 Å². The van der Waals surface area contributed by atoms with Gasteiger partial charge in [-0.25, -0.2) is 26.5 Å². The number of aromatic nitrogens is 2. The minimum Gasteiger partial charge on any atom is -0.497 e. The van der Waals surface area contributed by atoms with Crippen LogP contribution in [0.5, 0.6) is 11.5 Å². The lowest BCUT2D eigenvalue weighted by molar-refractivity contribution is 0.391. The molecule has 0 radical (unpaired) electrons. The Balaban J connectivity index is 1.66. The normalized spacial score (nSPS) is 11.2. The first-order chi connectivity index (χ1) is 19.2. The maximum absolute atomic E-state index is 15.4. The number of nitrogens with one attached hydrogen (secondary N) is 2. The van der Waals surface area contributed by atoms with Gasteiger partial charge < -0.3 is 20.1 Å². The average molecular weight is 610 g/mol. The summed E-state index contributed by atoms with van der Waals surface area (Å²) in [6.07, 6.45) is 1.18. The second-order valence-electron chi connectivity index (χ2n) is 8.36. The molecule has 0 fully saturated rings. The van der Waals surface area contributed by atoms with Crippen LogP contribution < -0.4 is 24.4 Å². The summed E-state index contributed by atoms with van der Waals surface area (Å²) >= 11 is 6.86. The Hall–Kier alpha value is -3.68. The lowest BCUT2D eigenvalue weighted by Crippen LogP contribution is -2.31. The molecular formula is C26H26ClF2N5O4S2. The fourth-order valence-electron chi connectivity index (χ4n) is 3.90. The van der Waals surface area contributed by atoms with Crippen molar-refractivity contribution in [2.75, 3.05) is 35.7 Å². The van der Waals surface area contributed by atoms with Gasteiger partial charge in [-0.15, -0.1) is 0 Å². The predicted octanol–water partition coefficient (Wildman–Crippen LogP) is 5.93. The zero-order valence-electron chi connectivity index (χ0n) is 21.7. The molecule has 1 aromatic heterocycles. The van der Waals surface area contributed by atoms with E-state index in [9.17, 15) is 8.42 Å². The number of methoxy groups -OCH3 is 2. The third-order valence-electron chi connectivity index (χ3n) is 5.87. The molecule has 0 spiro atoms. The Kier molecular flexibility index (Phi) is 9.28. The quantitative estimate of drug-likeness (QED) is 0.204. The second kappa shape index (κ2) is 12.7. The van der Waals surface area contributed by atoms with E-state index in [2.05, 4.69) is 20.0 Å². The van der Waals surface area contributed by atoms with Crippen LogP contribution in [0.15, 0.2) is 59.8 Å². The summed E-state index contributed by atoms with van der Waals surface area (Å²) in [5.41, 5.74) is 1.75. The van der Waals surface area contributed by atoms with E-state index >= 15 is 8.78 Å². The largest absolute Gasteiger partial charge is 0.497 e. The van der Waals surface area contributed by atoms with Gasteiger partial charge in [0.15, 0.2) is 0 Å². The summed E-state index contributed by atoms with van der Waals surface area (Å²) in [5, 5.41) is 6.50. The highest BCUT2D eigenvalue weighted by Gasteiger charge is 2.32. The number of rotatable bonds is 12. The topological polar surface area (TPSA) is 106 Å². The van der Waals surface area contributed by atoms with E-state index in [4.69, 9.17) is 21.1 Å². The zero-order valence-corrected chi connectivity index (χ0v) is 24.1. The first-order valence-electron chi connectivity index (χ1n) is 11.9. The molecule has 0 bridgehead atoms. The number of nitrogens with zero attached hydrogens (tertiary/aromatic N) is 3. The Bertz CT molecular complexity index is 1590. The van der Waals surface area contributed by atoms with Crippen LogP contribution in [0.4, 0.5) is 25.3 Å². The standard InChI is InChI=1S/C26H26ClF2N5O4S2/c1-4-30-22-9-18(27)7-5-16(22)13-31-23-11-21(29)25(12-20(23)28)40(35,36)34(26-32-15-33-39-26)14-17-6-8-19(37-2)10-24(17)38-3/h5-12,15,30-31H,4,13-14H2,1-3H3. The molecule has 0 amide bonds. The van der Waals surface area contributed by atoms with Crippen LogP contribution in [0, 0.1) is 11.6 Å². The summed E-state index contributed by atoms with van der Waals surface area (Å²) in [5.74, 6) is -1.24. The minimum absolute atomic E-state index is 0.0291. The summed E-state index contributed by atoms with van der Waals surface area (Å²) < 4.78 is 73.3. The summed E-state index contributed by atoms with van der Waals surface area (Å²) in [6, 6.07) is 11.5. The number of sulfonamides is 1. The molecule has 212 valence electrons. The van der Waals surface area contributed by atoms with Gasteiger partial charge in [0.1, 0.15) is 34.4 Å². The van der Waals surface area contributed by atoms with Crippen molar-refractivity contribution in [2.24, 2.45) is 0 Å².